The standard InChI is InChI=1S/C15H14N4O2S/c1-10(20)19-7-6-11-4-2-3-5-12(11)13(19)8-14(21)17-15-18-16-9-22-15/h2-7,9,13H,8H2,1H3,(H,17,18,21)/t13-/m1/s1. The van der Waals surface area contributed by atoms with Crippen LogP contribution in [0, 0.1) is 0 Å². The summed E-state index contributed by atoms with van der Waals surface area (Å²) in [5, 5.41) is 10.6. The highest BCUT2D eigenvalue weighted by atomic mass is 32.1. The quantitative estimate of drug-likeness (QED) is 0.944. The number of rotatable bonds is 3. The number of benzene rings is 1. The van der Waals surface area contributed by atoms with Gasteiger partial charge in [0.25, 0.3) is 0 Å². The van der Waals surface area contributed by atoms with E-state index >= 15 is 0 Å². The SMILES string of the molecule is CC(=O)N1C=Cc2ccccc2[C@H]1CC(=O)Nc1nncs1. The van der Waals surface area contributed by atoms with Crippen molar-refractivity contribution in [2.75, 3.05) is 5.32 Å². The Morgan fingerprint density at radius 2 is 2.18 bits per heavy atom. The van der Waals surface area contributed by atoms with E-state index in [9.17, 15) is 9.59 Å². The second kappa shape index (κ2) is 6.07. The number of hydrogen-bond donors (Lipinski definition) is 1. The largest absolute Gasteiger partial charge is 0.311 e. The van der Waals surface area contributed by atoms with Crippen LogP contribution in [0.5, 0.6) is 0 Å². The van der Waals surface area contributed by atoms with Crippen LogP contribution < -0.4 is 5.32 Å². The van der Waals surface area contributed by atoms with Gasteiger partial charge in [0.1, 0.15) is 5.51 Å². The Balaban J connectivity index is 1.83. The molecule has 0 unspecified atom stereocenters. The average molecular weight is 314 g/mol. The number of nitrogens with one attached hydrogen (secondary N) is 1. The van der Waals surface area contributed by atoms with Crippen LogP contribution in [-0.4, -0.2) is 26.9 Å². The number of anilines is 1. The Bertz CT molecular complexity index is 727. The van der Waals surface area contributed by atoms with E-state index in [2.05, 4.69) is 15.5 Å². The van der Waals surface area contributed by atoms with Crippen molar-refractivity contribution < 1.29 is 9.59 Å². The molecule has 0 spiro atoms. The van der Waals surface area contributed by atoms with Gasteiger partial charge in [-0.3, -0.25) is 9.59 Å². The highest BCUT2D eigenvalue weighted by Gasteiger charge is 2.28. The summed E-state index contributed by atoms with van der Waals surface area (Å²) in [6.07, 6.45) is 3.78. The molecule has 22 heavy (non-hydrogen) atoms. The van der Waals surface area contributed by atoms with Gasteiger partial charge in [0.2, 0.25) is 16.9 Å². The molecule has 1 aromatic heterocycles. The Morgan fingerprint density at radius 3 is 2.91 bits per heavy atom. The van der Waals surface area contributed by atoms with Crippen molar-refractivity contribution in [3.05, 3.63) is 47.1 Å². The molecule has 0 saturated heterocycles. The summed E-state index contributed by atoms with van der Waals surface area (Å²) < 4.78 is 0. The van der Waals surface area contributed by atoms with Crippen LogP contribution in [0.3, 0.4) is 0 Å². The first-order chi connectivity index (χ1) is 10.6. The molecule has 3 rings (SSSR count). The maximum absolute atomic E-state index is 12.2. The minimum atomic E-state index is -0.313. The zero-order chi connectivity index (χ0) is 15.5. The predicted octanol–water partition coefficient (Wildman–Crippen LogP) is 2.44. The first kappa shape index (κ1) is 14.4. The molecule has 6 nitrogen and oxygen atoms in total. The predicted molar refractivity (Wildman–Crippen MR) is 83.9 cm³/mol. The topological polar surface area (TPSA) is 75.2 Å². The number of amides is 2. The fourth-order valence-corrected chi connectivity index (χ4v) is 2.95. The van der Waals surface area contributed by atoms with Gasteiger partial charge in [-0.05, 0) is 17.2 Å². The van der Waals surface area contributed by atoms with Crippen molar-refractivity contribution in [2.24, 2.45) is 0 Å². The second-order valence-corrected chi connectivity index (χ2v) is 5.72. The lowest BCUT2D eigenvalue weighted by molar-refractivity contribution is -0.129. The van der Waals surface area contributed by atoms with Crippen molar-refractivity contribution in [2.45, 2.75) is 19.4 Å². The number of carbonyl (C=O) groups is 2. The van der Waals surface area contributed by atoms with Gasteiger partial charge in [-0.1, -0.05) is 35.6 Å². The van der Waals surface area contributed by atoms with Crippen LogP contribution in [0.15, 0.2) is 36.0 Å². The first-order valence-electron chi connectivity index (χ1n) is 6.77. The van der Waals surface area contributed by atoms with E-state index in [0.29, 0.717) is 5.13 Å². The van der Waals surface area contributed by atoms with Gasteiger partial charge < -0.3 is 10.2 Å². The van der Waals surface area contributed by atoms with Crippen molar-refractivity contribution in [3.63, 3.8) is 0 Å². The van der Waals surface area contributed by atoms with E-state index in [1.165, 1.54) is 18.3 Å². The fraction of sp³-hybridized carbons (Fsp3) is 0.200. The highest BCUT2D eigenvalue weighted by Crippen LogP contribution is 2.33. The number of fused-ring (bicyclic) bond motifs is 1. The molecule has 2 amide bonds. The molecule has 1 atom stereocenters. The van der Waals surface area contributed by atoms with Gasteiger partial charge in [0.15, 0.2) is 0 Å². The molecule has 2 aromatic rings. The normalized spacial score (nSPS) is 16.2. The zero-order valence-corrected chi connectivity index (χ0v) is 12.7. The molecule has 0 saturated carbocycles. The summed E-state index contributed by atoms with van der Waals surface area (Å²) in [6, 6.07) is 7.44. The summed E-state index contributed by atoms with van der Waals surface area (Å²) in [5.41, 5.74) is 3.54. The van der Waals surface area contributed by atoms with Crippen LogP contribution in [0.1, 0.15) is 30.5 Å². The Labute approximate surface area is 131 Å². The molecule has 0 aliphatic carbocycles. The van der Waals surface area contributed by atoms with Gasteiger partial charge in [-0.25, -0.2) is 0 Å². The van der Waals surface area contributed by atoms with Crippen LogP contribution in [-0.2, 0) is 9.59 Å². The molecule has 112 valence electrons. The van der Waals surface area contributed by atoms with Crippen molar-refractivity contribution >= 4 is 34.4 Å². The number of carbonyl (C=O) groups excluding carboxylic acids is 2. The summed E-state index contributed by atoms with van der Waals surface area (Å²) in [5.74, 6) is -0.294. The molecule has 0 bridgehead atoms. The van der Waals surface area contributed by atoms with Crippen LogP contribution >= 0.6 is 11.3 Å². The van der Waals surface area contributed by atoms with Crippen LogP contribution in [0.4, 0.5) is 5.13 Å². The zero-order valence-electron chi connectivity index (χ0n) is 11.9. The lowest BCUT2D eigenvalue weighted by Crippen LogP contribution is -2.33. The molecule has 7 heteroatoms. The molecule has 1 aliphatic rings. The van der Waals surface area contributed by atoms with Gasteiger partial charge in [-0.15, -0.1) is 10.2 Å². The third-order valence-electron chi connectivity index (χ3n) is 3.45. The van der Waals surface area contributed by atoms with Crippen molar-refractivity contribution in [1.29, 1.82) is 0 Å². The van der Waals surface area contributed by atoms with E-state index < -0.39 is 0 Å². The van der Waals surface area contributed by atoms with E-state index in [4.69, 9.17) is 0 Å². The smallest absolute Gasteiger partial charge is 0.228 e. The minimum absolute atomic E-state index is 0.0977. The Hall–Kier alpha value is -2.54. The third-order valence-corrected chi connectivity index (χ3v) is 4.06. The Kier molecular flexibility index (Phi) is 3.97. The molecular formula is C15H14N4O2S. The number of hydrogen-bond acceptors (Lipinski definition) is 5. The summed E-state index contributed by atoms with van der Waals surface area (Å²) in [6.45, 7) is 1.49. The van der Waals surface area contributed by atoms with Crippen LogP contribution in [0.2, 0.25) is 0 Å². The number of nitrogens with zero attached hydrogens (tertiary/aromatic N) is 3. The van der Waals surface area contributed by atoms with Gasteiger partial charge >= 0.3 is 0 Å². The minimum Gasteiger partial charge on any atom is -0.311 e. The molecule has 1 aromatic carbocycles. The molecule has 0 radical (unpaired) electrons. The summed E-state index contributed by atoms with van der Waals surface area (Å²) in [4.78, 5) is 25.6. The molecular weight excluding hydrogens is 300 g/mol. The third kappa shape index (κ3) is 2.89. The van der Waals surface area contributed by atoms with E-state index in [-0.39, 0.29) is 24.3 Å². The summed E-state index contributed by atoms with van der Waals surface area (Å²) >= 11 is 1.26. The van der Waals surface area contributed by atoms with Gasteiger partial charge in [-0.2, -0.15) is 0 Å². The van der Waals surface area contributed by atoms with Gasteiger partial charge in [0, 0.05) is 13.1 Å². The first-order valence-corrected chi connectivity index (χ1v) is 7.65. The molecule has 0 fully saturated rings. The molecule has 2 heterocycles. The average Bonchev–Trinajstić information content (AvgIpc) is 3.00. The lowest BCUT2D eigenvalue weighted by Gasteiger charge is -2.32. The monoisotopic (exact) mass is 314 g/mol. The van der Waals surface area contributed by atoms with Crippen LogP contribution in [0.25, 0.3) is 6.08 Å². The van der Waals surface area contributed by atoms with E-state index in [1.54, 1.807) is 16.6 Å². The van der Waals surface area contributed by atoms with E-state index in [1.807, 2.05) is 30.3 Å². The highest BCUT2D eigenvalue weighted by molar-refractivity contribution is 7.13. The van der Waals surface area contributed by atoms with Crippen molar-refractivity contribution in [1.82, 2.24) is 15.1 Å². The molecule has 1 aliphatic heterocycles. The molecule has 1 N–H and O–H groups in total. The van der Waals surface area contributed by atoms with Gasteiger partial charge in [0.05, 0.1) is 12.5 Å². The van der Waals surface area contributed by atoms with Crippen molar-refractivity contribution in [3.8, 4) is 0 Å². The Morgan fingerprint density at radius 1 is 1.36 bits per heavy atom. The maximum atomic E-state index is 12.2. The summed E-state index contributed by atoms with van der Waals surface area (Å²) in [7, 11) is 0. The second-order valence-electron chi connectivity index (χ2n) is 4.88. The van der Waals surface area contributed by atoms with E-state index in [0.717, 1.165) is 11.1 Å². The maximum Gasteiger partial charge on any atom is 0.228 e. The number of aromatic nitrogens is 2. The fourth-order valence-electron chi connectivity index (χ4n) is 2.49. The lowest BCUT2D eigenvalue weighted by atomic mass is 9.93.